The normalized spacial score (nSPS) is 26.0. The van der Waals surface area contributed by atoms with Crippen LogP contribution in [0, 0.1) is 5.92 Å². The van der Waals surface area contributed by atoms with Gasteiger partial charge in [-0.2, -0.15) is 0 Å². The maximum absolute atomic E-state index is 12.5. The van der Waals surface area contributed by atoms with E-state index in [2.05, 4.69) is 0 Å². The monoisotopic (exact) mass is 333 g/mol. The highest BCUT2D eigenvalue weighted by molar-refractivity contribution is 5.69. The number of fused-ring (bicyclic) bond motifs is 1. The van der Waals surface area contributed by atoms with Crippen molar-refractivity contribution in [3.05, 3.63) is 35.9 Å². The van der Waals surface area contributed by atoms with E-state index in [1.165, 1.54) is 25.7 Å². The molecule has 134 valence electrons. The minimum absolute atomic E-state index is 0.0352. The lowest BCUT2D eigenvalue weighted by Crippen LogP contribution is -2.43. The van der Waals surface area contributed by atoms with Crippen LogP contribution < -0.4 is 0 Å². The molecule has 0 radical (unpaired) electrons. The number of aliphatic hydroxyl groups is 1. The van der Waals surface area contributed by atoms with Gasteiger partial charge in [0, 0.05) is 6.04 Å². The van der Waals surface area contributed by atoms with Crippen LogP contribution in [0.4, 0.5) is 4.79 Å². The molecule has 1 aromatic rings. The molecule has 1 saturated heterocycles. The van der Waals surface area contributed by atoms with Crippen molar-refractivity contribution in [3.63, 3.8) is 0 Å². The minimum Gasteiger partial charge on any atom is -0.445 e. The summed E-state index contributed by atoms with van der Waals surface area (Å²) in [5.74, 6) is 0.531. The SMILES string of the molecule is CC.O=C(OCc1ccccc1)N1C(CO)C[C@@H]2CCCCC[C@H]21. The van der Waals surface area contributed by atoms with Gasteiger partial charge in [0.1, 0.15) is 6.61 Å². The summed E-state index contributed by atoms with van der Waals surface area (Å²) in [4.78, 5) is 14.4. The van der Waals surface area contributed by atoms with Crippen molar-refractivity contribution in [2.45, 2.75) is 71.1 Å². The topological polar surface area (TPSA) is 49.8 Å². The van der Waals surface area contributed by atoms with Gasteiger partial charge in [-0.15, -0.1) is 0 Å². The molecule has 1 heterocycles. The van der Waals surface area contributed by atoms with Gasteiger partial charge >= 0.3 is 6.09 Å². The summed E-state index contributed by atoms with van der Waals surface area (Å²) >= 11 is 0. The van der Waals surface area contributed by atoms with Gasteiger partial charge in [0.05, 0.1) is 12.6 Å². The number of rotatable bonds is 3. The van der Waals surface area contributed by atoms with Gasteiger partial charge in [0.15, 0.2) is 0 Å². The molecule has 1 aliphatic carbocycles. The van der Waals surface area contributed by atoms with Crippen LogP contribution in [0.1, 0.15) is 57.9 Å². The van der Waals surface area contributed by atoms with E-state index in [0.29, 0.717) is 12.5 Å². The summed E-state index contributed by atoms with van der Waals surface area (Å²) in [6.07, 6.45) is 6.53. The summed E-state index contributed by atoms with van der Waals surface area (Å²) < 4.78 is 5.51. The first-order valence-electron chi connectivity index (χ1n) is 9.39. The second-order valence-electron chi connectivity index (χ2n) is 6.48. The van der Waals surface area contributed by atoms with E-state index in [0.717, 1.165) is 18.4 Å². The van der Waals surface area contributed by atoms with Crippen LogP contribution >= 0.6 is 0 Å². The standard InChI is InChI=1S/C18H25NO3.C2H6/c20-12-16-11-15-9-5-2-6-10-17(15)19(16)18(21)22-13-14-7-3-1-4-8-14;1-2/h1,3-4,7-8,15-17,20H,2,5-6,9-13H2;1-2H3/t15-,16?,17+;/m0./s1. The van der Waals surface area contributed by atoms with E-state index in [1.54, 1.807) is 0 Å². The lowest BCUT2D eigenvalue weighted by Gasteiger charge is -2.29. The third-order valence-corrected chi connectivity index (χ3v) is 5.07. The van der Waals surface area contributed by atoms with Crippen molar-refractivity contribution < 1.29 is 14.6 Å². The predicted octanol–water partition coefficient (Wildman–Crippen LogP) is 4.36. The van der Waals surface area contributed by atoms with E-state index in [9.17, 15) is 9.90 Å². The van der Waals surface area contributed by atoms with Crippen molar-refractivity contribution in [1.29, 1.82) is 0 Å². The summed E-state index contributed by atoms with van der Waals surface area (Å²) in [5, 5.41) is 9.64. The minimum atomic E-state index is -0.266. The van der Waals surface area contributed by atoms with Crippen molar-refractivity contribution >= 4 is 6.09 Å². The first kappa shape index (κ1) is 18.8. The lowest BCUT2D eigenvalue weighted by molar-refractivity contribution is 0.0613. The van der Waals surface area contributed by atoms with Crippen molar-refractivity contribution in [2.24, 2.45) is 5.92 Å². The molecule has 24 heavy (non-hydrogen) atoms. The maximum atomic E-state index is 12.5. The molecular formula is C20H31NO3. The number of hydrogen-bond donors (Lipinski definition) is 1. The number of carbonyl (C=O) groups excluding carboxylic acids is 1. The Morgan fingerprint density at radius 2 is 1.88 bits per heavy atom. The van der Waals surface area contributed by atoms with E-state index < -0.39 is 0 Å². The molecule has 0 spiro atoms. The average Bonchev–Trinajstić information content (AvgIpc) is 2.84. The Kier molecular flexibility index (Phi) is 7.57. The Bertz CT molecular complexity index is 491. The zero-order valence-corrected chi connectivity index (χ0v) is 15.0. The molecule has 1 amide bonds. The molecule has 0 aromatic heterocycles. The second kappa shape index (κ2) is 9.67. The molecular weight excluding hydrogens is 302 g/mol. The first-order chi connectivity index (χ1) is 11.8. The fraction of sp³-hybridized carbons (Fsp3) is 0.650. The Morgan fingerprint density at radius 3 is 2.58 bits per heavy atom. The van der Waals surface area contributed by atoms with Gasteiger partial charge in [0.25, 0.3) is 0 Å². The molecule has 1 unspecified atom stereocenters. The van der Waals surface area contributed by atoms with Crippen LogP contribution in [0.2, 0.25) is 0 Å². The van der Waals surface area contributed by atoms with Crippen LogP contribution in [0.15, 0.2) is 30.3 Å². The molecule has 2 aliphatic rings. The zero-order chi connectivity index (χ0) is 17.4. The zero-order valence-electron chi connectivity index (χ0n) is 15.0. The Balaban J connectivity index is 0.00000100. The Hall–Kier alpha value is -1.55. The molecule has 0 bridgehead atoms. The molecule has 4 nitrogen and oxygen atoms in total. The highest BCUT2D eigenvalue weighted by Gasteiger charge is 2.44. The van der Waals surface area contributed by atoms with Crippen molar-refractivity contribution in [2.75, 3.05) is 6.61 Å². The largest absolute Gasteiger partial charge is 0.445 e. The fourth-order valence-electron chi connectivity index (χ4n) is 3.98. The quantitative estimate of drug-likeness (QED) is 0.894. The lowest BCUT2D eigenvalue weighted by atomic mass is 9.94. The molecule has 1 aliphatic heterocycles. The van der Waals surface area contributed by atoms with E-state index in [-0.39, 0.29) is 24.8 Å². The Labute approximate surface area is 145 Å². The van der Waals surface area contributed by atoms with Gasteiger partial charge in [-0.1, -0.05) is 63.4 Å². The van der Waals surface area contributed by atoms with Gasteiger partial charge in [-0.3, -0.25) is 4.90 Å². The number of carbonyl (C=O) groups is 1. The number of nitrogens with zero attached hydrogens (tertiary/aromatic N) is 1. The van der Waals surface area contributed by atoms with Crippen molar-refractivity contribution in [3.8, 4) is 0 Å². The highest BCUT2D eigenvalue weighted by atomic mass is 16.6. The first-order valence-corrected chi connectivity index (χ1v) is 9.39. The molecule has 4 heteroatoms. The smallest absolute Gasteiger partial charge is 0.410 e. The number of ether oxygens (including phenoxy) is 1. The number of likely N-dealkylation sites (tertiary alicyclic amines) is 1. The molecule has 1 aromatic carbocycles. The summed E-state index contributed by atoms with van der Waals surface area (Å²) in [5.41, 5.74) is 0.994. The summed E-state index contributed by atoms with van der Waals surface area (Å²) in [7, 11) is 0. The number of aliphatic hydroxyl groups excluding tert-OH is 1. The molecule has 2 fully saturated rings. The van der Waals surface area contributed by atoms with E-state index in [4.69, 9.17) is 4.74 Å². The van der Waals surface area contributed by atoms with Crippen LogP contribution in [-0.4, -0.2) is 34.8 Å². The number of amides is 1. The van der Waals surface area contributed by atoms with Crippen LogP contribution in [0.5, 0.6) is 0 Å². The third kappa shape index (κ3) is 4.50. The van der Waals surface area contributed by atoms with E-state index >= 15 is 0 Å². The summed E-state index contributed by atoms with van der Waals surface area (Å²) in [6.45, 7) is 4.33. The van der Waals surface area contributed by atoms with Crippen LogP contribution in [0.25, 0.3) is 0 Å². The predicted molar refractivity (Wildman–Crippen MR) is 95.7 cm³/mol. The number of benzene rings is 1. The summed E-state index contributed by atoms with van der Waals surface area (Å²) in [6, 6.07) is 9.92. The van der Waals surface area contributed by atoms with Gasteiger partial charge < -0.3 is 9.84 Å². The van der Waals surface area contributed by atoms with Gasteiger partial charge in [-0.25, -0.2) is 4.79 Å². The maximum Gasteiger partial charge on any atom is 0.410 e. The molecule has 1 saturated carbocycles. The molecule has 3 rings (SSSR count). The average molecular weight is 333 g/mol. The van der Waals surface area contributed by atoms with Crippen molar-refractivity contribution in [1.82, 2.24) is 4.90 Å². The third-order valence-electron chi connectivity index (χ3n) is 5.07. The van der Waals surface area contributed by atoms with Crippen LogP contribution in [0.3, 0.4) is 0 Å². The van der Waals surface area contributed by atoms with Crippen LogP contribution in [-0.2, 0) is 11.3 Å². The van der Waals surface area contributed by atoms with Gasteiger partial charge in [0.2, 0.25) is 0 Å². The second-order valence-corrected chi connectivity index (χ2v) is 6.48. The van der Waals surface area contributed by atoms with E-state index in [1.807, 2.05) is 49.1 Å². The highest BCUT2D eigenvalue weighted by Crippen LogP contribution is 2.38. The molecule has 3 atom stereocenters. The number of hydrogen-bond acceptors (Lipinski definition) is 3. The fourth-order valence-corrected chi connectivity index (χ4v) is 3.98. The molecule has 1 N–H and O–H groups in total. The Morgan fingerprint density at radius 1 is 1.17 bits per heavy atom. The van der Waals surface area contributed by atoms with Gasteiger partial charge in [-0.05, 0) is 30.7 Å².